The molecule has 2 aromatic heterocycles. The lowest BCUT2D eigenvalue weighted by Crippen LogP contribution is -2.30. The van der Waals surface area contributed by atoms with Crippen LogP contribution >= 0.6 is 22.9 Å². The number of aryl methyl sites for hydroxylation is 1. The monoisotopic (exact) mass is 334 g/mol. The van der Waals surface area contributed by atoms with E-state index in [4.69, 9.17) is 11.6 Å². The van der Waals surface area contributed by atoms with Crippen LogP contribution in [0.1, 0.15) is 15.9 Å². The predicted molar refractivity (Wildman–Crippen MR) is 86.4 cm³/mol. The second kappa shape index (κ2) is 5.78. The third kappa shape index (κ3) is 2.56. The van der Waals surface area contributed by atoms with E-state index in [1.807, 2.05) is 6.92 Å². The summed E-state index contributed by atoms with van der Waals surface area (Å²) in [5, 5.41) is 10.4. The maximum absolute atomic E-state index is 12.1. The van der Waals surface area contributed by atoms with Crippen molar-refractivity contribution >= 4 is 44.9 Å². The number of benzene rings is 1. The lowest BCUT2D eigenvalue weighted by Gasteiger charge is -2.09. The molecule has 0 radical (unpaired) electrons. The van der Waals surface area contributed by atoms with Gasteiger partial charge in [0.2, 0.25) is 0 Å². The molecule has 6 nitrogen and oxygen atoms in total. The molecular formula is C14H11ClN4O2S. The van der Waals surface area contributed by atoms with E-state index in [-0.39, 0.29) is 11.3 Å². The summed E-state index contributed by atoms with van der Waals surface area (Å²) in [5.41, 5.74) is 6.28. The molecule has 3 aromatic rings. The Bertz CT molecular complexity index is 865. The van der Waals surface area contributed by atoms with Crippen LogP contribution in [0.25, 0.3) is 10.2 Å². The van der Waals surface area contributed by atoms with Crippen molar-refractivity contribution in [2.24, 2.45) is 0 Å². The number of rotatable bonds is 3. The number of carbonyl (C=O) groups is 1. The topological polar surface area (TPSA) is 87.1 Å². The van der Waals surface area contributed by atoms with Gasteiger partial charge in [-0.2, -0.15) is 0 Å². The van der Waals surface area contributed by atoms with Gasteiger partial charge in [-0.3, -0.25) is 15.6 Å². The van der Waals surface area contributed by atoms with E-state index in [1.54, 1.807) is 12.1 Å². The number of fused-ring (bicyclic) bond motifs is 1. The molecule has 0 unspecified atom stereocenters. The van der Waals surface area contributed by atoms with Crippen LogP contribution in [-0.2, 0) is 0 Å². The van der Waals surface area contributed by atoms with E-state index in [9.17, 15) is 9.90 Å². The zero-order valence-corrected chi connectivity index (χ0v) is 13.0. The Kier molecular flexibility index (Phi) is 3.82. The third-order valence-corrected chi connectivity index (χ3v) is 4.61. The summed E-state index contributed by atoms with van der Waals surface area (Å²) < 4.78 is 0.630. The van der Waals surface area contributed by atoms with Crippen LogP contribution in [0.5, 0.6) is 5.75 Å². The Morgan fingerprint density at radius 2 is 2.09 bits per heavy atom. The van der Waals surface area contributed by atoms with Gasteiger partial charge in [-0.1, -0.05) is 23.7 Å². The fourth-order valence-corrected chi connectivity index (χ4v) is 3.18. The van der Waals surface area contributed by atoms with Gasteiger partial charge in [0, 0.05) is 0 Å². The Morgan fingerprint density at radius 3 is 2.86 bits per heavy atom. The van der Waals surface area contributed by atoms with Gasteiger partial charge in [-0.05, 0) is 24.6 Å². The number of aromatic nitrogens is 2. The minimum absolute atomic E-state index is 0.0932. The number of nitrogens with zero attached hydrogens (tertiary/aromatic N) is 2. The van der Waals surface area contributed by atoms with E-state index >= 15 is 0 Å². The van der Waals surface area contributed by atoms with E-state index in [1.165, 1.54) is 29.8 Å². The number of halogens is 1. The van der Waals surface area contributed by atoms with Gasteiger partial charge < -0.3 is 5.11 Å². The second-order valence-electron chi connectivity index (χ2n) is 4.50. The molecule has 0 aliphatic carbocycles. The summed E-state index contributed by atoms with van der Waals surface area (Å²) >= 11 is 7.45. The third-order valence-electron chi connectivity index (χ3n) is 3.11. The summed E-state index contributed by atoms with van der Waals surface area (Å²) in [6, 6.07) is 6.28. The van der Waals surface area contributed by atoms with Gasteiger partial charge in [0.25, 0.3) is 5.91 Å². The molecule has 0 saturated carbocycles. The largest absolute Gasteiger partial charge is 0.507 e. The number of para-hydroxylation sites is 1. The number of hydrazine groups is 1. The summed E-state index contributed by atoms with van der Waals surface area (Å²) in [6.45, 7) is 1.86. The predicted octanol–water partition coefficient (Wildman–Crippen LogP) is 3.12. The highest BCUT2D eigenvalue weighted by Gasteiger charge is 2.14. The highest BCUT2D eigenvalue weighted by Crippen LogP contribution is 2.36. The van der Waals surface area contributed by atoms with Gasteiger partial charge in [0.15, 0.2) is 5.82 Å². The molecule has 0 bridgehead atoms. The van der Waals surface area contributed by atoms with Gasteiger partial charge in [0.05, 0.1) is 15.3 Å². The maximum atomic E-state index is 12.1. The molecule has 1 amide bonds. The molecule has 22 heavy (non-hydrogen) atoms. The molecule has 8 heteroatoms. The highest BCUT2D eigenvalue weighted by atomic mass is 35.5. The van der Waals surface area contributed by atoms with Crippen molar-refractivity contribution in [3.8, 4) is 5.75 Å². The average molecular weight is 335 g/mol. The first-order valence-electron chi connectivity index (χ1n) is 6.32. The van der Waals surface area contributed by atoms with Crippen LogP contribution in [0.2, 0.25) is 4.34 Å². The quantitative estimate of drug-likeness (QED) is 0.641. The number of amides is 1. The molecule has 0 aliphatic heterocycles. The molecule has 0 aliphatic rings. The van der Waals surface area contributed by atoms with E-state index in [0.29, 0.717) is 10.2 Å². The van der Waals surface area contributed by atoms with Crippen molar-refractivity contribution < 1.29 is 9.90 Å². The van der Waals surface area contributed by atoms with Crippen molar-refractivity contribution in [2.45, 2.75) is 6.92 Å². The number of nitrogens with one attached hydrogen (secondary N) is 2. The molecular weight excluding hydrogens is 324 g/mol. The molecule has 3 N–H and O–H groups in total. The first kappa shape index (κ1) is 14.6. The number of carbonyl (C=O) groups excluding carboxylic acids is 1. The van der Waals surface area contributed by atoms with Crippen LogP contribution in [0.4, 0.5) is 5.82 Å². The fourth-order valence-electron chi connectivity index (χ4n) is 1.99. The normalized spacial score (nSPS) is 10.6. The van der Waals surface area contributed by atoms with Gasteiger partial charge in [0.1, 0.15) is 16.9 Å². The zero-order chi connectivity index (χ0) is 15.7. The van der Waals surface area contributed by atoms with Crippen molar-refractivity contribution in [1.82, 2.24) is 15.4 Å². The Balaban J connectivity index is 1.86. The van der Waals surface area contributed by atoms with Crippen molar-refractivity contribution in [3.05, 3.63) is 46.1 Å². The molecule has 0 fully saturated rings. The first-order chi connectivity index (χ1) is 10.6. The Labute approximate surface area is 134 Å². The van der Waals surface area contributed by atoms with Gasteiger partial charge in [-0.25, -0.2) is 9.97 Å². The van der Waals surface area contributed by atoms with Crippen molar-refractivity contribution in [2.75, 3.05) is 5.43 Å². The Morgan fingerprint density at radius 1 is 1.32 bits per heavy atom. The summed E-state index contributed by atoms with van der Waals surface area (Å²) in [7, 11) is 0. The Hall–Kier alpha value is -2.38. The van der Waals surface area contributed by atoms with Crippen molar-refractivity contribution in [3.63, 3.8) is 0 Å². The SMILES string of the molecule is Cc1c(Cl)sc2ncnc(NNC(=O)c3ccccc3O)c12. The summed E-state index contributed by atoms with van der Waals surface area (Å²) in [5.74, 6) is -0.109. The molecule has 0 spiro atoms. The number of hydrogen-bond donors (Lipinski definition) is 3. The minimum atomic E-state index is -0.469. The molecule has 112 valence electrons. The van der Waals surface area contributed by atoms with Crippen LogP contribution in [-0.4, -0.2) is 21.0 Å². The van der Waals surface area contributed by atoms with E-state index in [0.717, 1.165) is 15.8 Å². The number of hydrogen-bond acceptors (Lipinski definition) is 6. The van der Waals surface area contributed by atoms with Crippen LogP contribution in [0, 0.1) is 6.92 Å². The molecule has 3 rings (SSSR count). The second-order valence-corrected chi connectivity index (χ2v) is 6.10. The first-order valence-corrected chi connectivity index (χ1v) is 7.51. The number of aromatic hydroxyl groups is 1. The number of phenolic OH excluding ortho intramolecular Hbond substituents is 1. The standard InChI is InChI=1S/C14H11ClN4O2S/c1-7-10-12(16-6-17-14(10)22-11(7)15)18-19-13(21)8-4-2-3-5-9(8)20/h2-6,20H,1H3,(H,19,21)(H,16,17,18). The number of phenols is 1. The average Bonchev–Trinajstić information content (AvgIpc) is 2.81. The van der Waals surface area contributed by atoms with Crippen molar-refractivity contribution in [1.29, 1.82) is 0 Å². The number of thiophene rings is 1. The molecule has 2 heterocycles. The lowest BCUT2D eigenvalue weighted by molar-refractivity contribution is 0.0960. The van der Waals surface area contributed by atoms with Crippen LogP contribution in [0.3, 0.4) is 0 Å². The zero-order valence-electron chi connectivity index (χ0n) is 11.4. The van der Waals surface area contributed by atoms with E-state index < -0.39 is 5.91 Å². The summed E-state index contributed by atoms with van der Waals surface area (Å²) in [4.78, 5) is 21.1. The minimum Gasteiger partial charge on any atom is -0.507 e. The fraction of sp³-hybridized carbons (Fsp3) is 0.0714. The van der Waals surface area contributed by atoms with Gasteiger partial charge in [-0.15, -0.1) is 11.3 Å². The van der Waals surface area contributed by atoms with Crippen LogP contribution in [0.15, 0.2) is 30.6 Å². The number of anilines is 1. The lowest BCUT2D eigenvalue weighted by atomic mass is 10.2. The smallest absolute Gasteiger partial charge is 0.273 e. The maximum Gasteiger partial charge on any atom is 0.273 e. The summed E-state index contributed by atoms with van der Waals surface area (Å²) in [6.07, 6.45) is 1.39. The molecule has 0 atom stereocenters. The highest BCUT2D eigenvalue weighted by molar-refractivity contribution is 7.22. The molecule has 0 saturated heterocycles. The van der Waals surface area contributed by atoms with Crippen LogP contribution < -0.4 is 10.9 Å². The van der Waals surface area contributed by atoms with Gasteiger partial charge >= 0.3 is 0 Å². The molecule has 1 aromatic carbocycles. The van der Waals surface area contributed by atoms with E-state index in [2.05, 4.69) is 20.8 Å².